The Bertz CT molecular complexity index is 235. The van der Waals surface area contributed by atoms with Crippen molar-refractivity contribution < 1.29 is 28.5 Å². The van der Waals surface area contributed by atoms with Crippen LogP contribution in [0.5, 0.6) is 0 Å². The molecule has 0 aliphatic heterocycles. The summed E-state index contributed by atoms with van der Waals surface area (Å²) in [6.07, 6.45) is 1.13. The van der Waals surface area contributed by atoms with E-state index in [1.807, 2.05) is 0 Å². The van der Waals surface area contributed by atoms with Gasteiger partial charge in [0.1, 0.15) is 26.4 Å². The first-order valence-corrected chi connectivity index (χ1v) is 5.01. The lowest BCUT2D eigenvalue weighted by Crippen LogP contribution is -2.15. The molecule has 0 radical (unpaired) electrons. The lowest BCUT2D eigenvalue weighted by molar-refractivity contribution is 0.0246. The molecule has 0 rings (SSSR count). The molecule has 0 spiro atoms. The van der Waals surface area contributed by atoms with E-state index >= 15 is 0 Å². The summed E-state index contributed by atoms with van der Waals surface area (Å²) in [5, 5.41) is 0. The van der Waals surface area contributed by atoms with Crippen molar-refractivity contribution >= 4 is 12.3 Å². The monoisotopic (exact) mass is 258 g/mol. The molecule has 0 saturated carbocycles. The summed E-state index contributed by atoms with van der Waals surface area (Å²) in [4.78, 5) is 21.5. The van der Waals surface area contributed by atoms with Gasteiger partial charge in [0.05, 0.1) is 0 Å². The molecule has 0 fully saturated rings. The Kier molecular flexibility index (Phi) is 14.9. The Labute approximate surface area is 106 Å². The van der Waals surface area contributed by atoms with Gasteiger partial charge in [-0.25, -0.2) is 9.59 Å². The second-order valence-electron chi connectivity index (χ2n) is 2.40. The van der Waals surface area contributed by atoms with E-state index in [2.05, 4.69) is 45.3 Å². The van der Waals surface area contributed by atoms with Crippen LogP contribution in [0.15, 0.2) is 38.5 Å². The Morgan fingerprint density at radius 2 is 1.11 bits per heavy atom. The van der Waals surface area contributed by atoms with Crippen LogP contribution in [0.3, 0.4) is 0 Å². The van der Waals surface area contributed by atoms with Crippen LogP contribution in [-0.4, -0.2) is 38.7 Å². The zero-order valence-corrected chi connectivity index (χ0v) is 10.3. The molecular formula is C12H18O6. The average molecular weight is 258 g/mol. The number of carbonyl (C=O) groups is 2. The zero-order valence-electron chi connectivity index (χ0n) is 10.3. The highest BCUT2D eigenvalue weighted by Gasteiger charge is 2.05. The summed E-state index contributed by atoms with van der Waals surface area (Å²) in [6.45, 7) is 12.7. The predicted molar refractivity (Wildman–Crippen MR) is 66.2 cm³/mol. The fourth-order valence-electron chi connectivity index (χ4n) is 0.587. The van der Waals surface area contributed by atoms with Gasteiger partial charge in [0.15, 0.2) is 0 Å². The van der Waals surface area contributed by atoms with E-state index in [1.54, 1.807) is 0 Å². The van der Waals surface area contributed by atoms with Crippen molar-refractivity contribution in [2.75, 3.05) is 26.4 Å². The largest absolute Gasteiger partial charge is 0.508 e. The minimum absolute atomic E-state index is 0.0705. The number of hydrogen-bond acceptors (Lipinski definition) is 6. The maximum atomic E-state index is 10.7. The zero-order chi connectivity index (χ0) is 14.2. The van der Waals surface area contributed by atoms with Crippen LogP contribution in [0.25, 0.3) is 0 Å². The number of rotatable bonds is 7. The third-order valence-electron chi connectivity index (χ3n) is 1.16. The van der Waals surface area contributed by atoms with Crippen LogP contribution in [0.4, 0.5) is 9.59 Å². The molecule has 0 amide bonds. The van der Waals surface area contributed by atoms with Crippen molar-refractivity contribution in [2.24, 2.45) is 0 Å². The number of ether oxygens (including phenoxy) is 4. The lowest BCUT2D eigenvalue weighted by Gasteiger charge is -2.05. The third-order valence-corrected chi connectivity index (χ3v) is 1.16. The van der Waals surface area contributed by atoms with Gasteiger partial charge in [-0.3, -0.25) is 0 Å². The maximum absolute atomic E-state index is 10.7. The van der Waals surface area contributed by atoms with Gasteiger partial charge in [0, 0.05) is 0 Å². The molecule has 18 heavy (non-hydrogen) atoms. The molecule has 6 nitrogen and oxygen atoms in total. The number of hydrogen-bond donors (Lipinski definition) is 0. The summed E-state index contributed by atoms with van der Waals surface area (Å²) in [6, 6.07) is 0. The molecule has 0 atom stereocenters. The molecule has 0 heterocycles. The molecule has 0 aromatic heterocycles. The second kappa shape index (κ2) is 14.8. The van der Waals surface area contributed by atoms with Crippen molar-refractivity contribution in [3.63, 3.8) is 0 Å². The van der Waals surface area contributed by atoms with E-state index in [0.29, 0.717) is 0 Å². The average Bonchev–Trinajstić information content (AvgIpc) is 2.41. The first-order valence-electron chi connectivity index (χ1n) is 5.01. The van der Waals surface area contributed by atoms with Gasteiger partial charge in [0.2, 0.25) is 0 Å². The minimum Gasteiger partial charge on any atom is -0.431 e. The highest BCUT2D eigenvalue weighted by Crippen LogP contribution is 1.89. The Balaban J connectivity index is 0. The van der Waals surface area contributed by atoms with Crippen molar-refractivity contribution in [1.82, 2.24) is 0 Å². The number of carbonyl (C=O) groups excluding carboxylic acids is 2. The highest BCUT2D eigenvalue weighted by atomic mass is 16.7. The predicted octanol–water partition coefficient (Wildman–Crippen LogP) is 2.47. The van der Waals surface area contributed by atoms with Crippen molar-refractivity contribution in [2.45, 2.75) is 0 Å². The maximum Gasteiger partial charge on any atom is 0.508 e. The van der Waals surface area contributed by atoms with E-state index < -0.39 is 12.3 Å². The Morgan fingerprint density at radius 3 is 1.39 bits per heavy atom. The molecule has 0 aliphatic rings. The van der Waals surface area contributed by atoms with E-state index in [9.17, 15) is 9.59 Å². The minimum atomic E-state index is -0.844. The van der Waals surface area contributed by atoms with Crippen LogP contribution in [0.2, 0.25) is 0 Å². The molecule has 0 aliphatic carbocycles. The lowest BCUT2D eigenvalue weighted by atomic mass is 10.7. The summed E-state index contributed by atoms with van der Waals surface area (Å²) in [7, 11) is 0. The Morgan fingerprint density at radius 1 is 0.778 bits per heavy atom. The first kappa shape index (κ1) is 18.1. The van der Waals surface area contributed by atoms with E-state index in [4.69, 9.17) is 0 Å². The van der Waals surface area contributed by atoms with Gasteiger partial charge in [-0.05, 0) is 0 Å². The molecule has 0 saturated heterocycles. The Hall–Kier alpha value is -2.24. The van der Waals surface area contributed by atoms with Crippen LogP contribution in [0.1, 0.15) is 0 Å². The fraction of sp³-hybridized carbons (Fsp3) is 0.333. The molecule has 0 N–H and O–H groups in total. The summed E-state index contributed by atoms with van der Waals surface area (Å²) < 4.78 is 18.1. The SMILES string of the molecule is C=C.C=CCOC(=O)OCCOC(=O)OCC=C. The van der Waals surface area contributed by atoms with Crippen molar-refractivity contribution in [3.05, 3.63) is 38.5 Å². The van der Waals surface area contributed by atoms with Crippen molar-refractivity contribution in [1.29, 1.82) is 0 Å². The fourth-order valence-corrected chi connectivity index (χ4v) is 0.587. The van der Waals surface area contributed by atoms with Gasteiger partial charge >= 0.3 is 12.3 Å². The quantitative estimate of drug-likeness (QED) is 0.397. The van der Waals surface area contributed by atoms with Crippen LogP contribution in [-0.2, 0) is 18.9 Å². The van der Waals surface area contributed by atoms with E-state index in [-0.39, 0.29) is 26.4 Å². The molecule has 0 aromatic rings. The van der Waals surface area contributed by atoms with Crippen LogP contribution in [0, 0.1) is 0 Å². The smallest absolute Gasteiger partial charge is 0.431 e. The van der Waals surface area contributed by atoms with Gasteiger partial charge in [-0.15, -0.1) is 13.2 Å². The van der Waals surface area contributed by atoms with Crippen LogP contribution < -0.4 is 0 Å². The normalized spacial score (nSPS) is 8.00. The summed E-state index contributed by atoms with van der Waals surface area (Å²) >= 11 is 0. The molecular weight excluding hydrogens is 240 g/mol. The summed E-state index contributed by atoms with van der Waals surface area (Å²) in [5.74, 6) is 0. The summed E-state index contributed by atoms with van der Waals surface area (Å²) in [5.41, 5.74) is 0. The second-order valence-corrected chi connectivity index (χ2v) is 2.40. The van der Waals surface area contributed by atoms with Crippen LogP contribution >= 0.6 is 0 Å². The molecule has 0 aromatic carbocycles. The van der Waals surface area contributed by atoms with E-state index in [0.717, 1.165) is 0 Å². The van der Waals surface area contributed by atoms with Gasteiger partial charge in [-0.2, -0.15) is 0 Å². The standard InChI is InChI=1S/C10H14O6.C2H4/c1-3-5-13-9(11)15-7-8-16-10(12)14-6-4-2;1-2/h3-4H,1-2,5-8H2;1-2H2. The molecule has 0 bridgehead atoms. The third kappa shape index (κ3) is 13.8. The molecule has 6 heteroatoms. The first-order chi connectivity index (χ1) is 8.70. The topological polar surface area (TPSA) is 71.1 Å². The molecule has 102 valence electrons. The van der Waals surface area contributed by atoms with Gasteiger partial charge in [0.25, 0.3) is 0 Å². The molecule has 0 unspecified atom stereocenters. The van der Waals surface area contributed by atoms with E-state index in [1.165, 1.54) is 12.2 Å². The highest BCUT2D eigenvalue weighted by molar-refractivity contribution is 5.60. The van der Waals surface area contributed by atoms with Gasteiger partial charge < -0.3 is 18.9 Å². The van der Waals surface area contributed by atoms with Crippen molar-refractivity contribution in [3.8, 4) is 0 Å². The van der Waals surface area contributed by atoms with Gasteiger partial charge in [-0.1, -0.05) is 25.3 Å².